The lowest BCUT2D eigenvalue weighted by atomic mass is 9.96. The van der Waals surface area contributed by atoms with Crippen LogP contribution in [0.5, 0.6) is 0 Å². The molecule has 0 radical (unpaired) electrons. The number of nitrogens with zero attached hydrogens (tertiary/aromatic N) is 1. The standard InChI is InChI=1S/C12H21NO3/c1-11(2)9-16-6-5-13(11)8-12(3-4-12)7-10(14)15/h3-9H2,1-2H3,(H,14,15). The number of carboxylic acids is 1. The fraction of sp³-hybridized carbons (Fsp3) is 0.917. The van der Waals surface area contributed by atoms with Crippen molar-refractivity contribution in [2.24, 2.45) is 5.41 Å². The van der Waals surface area contributed by atoms with Crippen LogP contribution in [0.25, 0.3) is 0 Å². The van der Waals surface area contributed by atoms with Gasteiger partial charge in [-0.2, -0.15) is 0 Å². The van der Waals surface area contributed by atoms with E-state index >= 15 is 0 Å². The topological polar surface area (TPSA) is 49.8 Å². The van der Waals surface area contributed by atoms with Gasteiger partial charge in [0.05, 0.1) is 19.6 Å². The highest BCUT2D eigenvalue weighted by atomic mass is 16.5. The van der Waals surface area contributed by atoms with Crippen LogP contribution in [0.4, 0.5) is 0 Å². The van der Waals surface area contributed by atoms with Crippen molar-refractivity contribution in [3.63, 3.8) is 0 Å². The average Bonchev–Trinajstić information content (AvgIpc) is 2.88. The summed E-state index contributed by atoms with van der Waals surface area (Å²) in [6, 6.07) is 0. The third-order valence-corrected chi connectivity index (χ3v) is 3.83. The van der Waals surface area contributed by atoms with Crippen LogP contribution >= 0.6 is 0 Å². The summed E-state index contributed by atoms with van der Waals surface area (Å²) in [7, 11) is 0. The average molecular weight is 227 g/mol. The second-order valence-corrected chi connectivity index (χ2v) is 5.86. The van der Waals surface area contributed by atoms with E-state index in [0.29, 0.717) is 6.42 Å². The fourth-order valence-electron chi connectivity index (χ4n) is 2.48. The monoisotopic (exact) mass is 227 g/mol. The van der Waals surface area contributed by atoms with E-state index < -0.39 is 5.97 Å². The predicted molar refractivity (Wildman–Crippen MR) is 60.4 cm³/mol. The lowest BCUT2D eigenvalue weighted by Crippen LogP contribution is -2.54. The van der Waals surface area contributed by atoms with Crippen LogP contribution in [0.15, 0.2) is 0 Å². The van der Waals surface area contributed by atoms with Gasteiger partial charge in [0.15, 0.2) is 0 Å². The van der Waals surface area contributed by atoms with Crippen molar-refractivity contribution in [2.75, 3.05) is 26.3 Å². The maximum atomic E-state index is 10.8. The summed E-state index contributed by atoms with van der Waals surface area (Å²) in [6.45, 7) is 7.69. The lowest BCUT2D eigenvalue weighted by Gasteiger charge is -2.43. The Kier molecular flexibility index (Phi) is 2.97. The van der Waals surface area contributed by atoms with Gasteiger partial charge in [-0.3, -0.25) is 9.69 Å². The quantitative estimate of drug-likeness (QED) is 0.787. The molecule has 1 aliphatic heterocycles. The number of carboxylic acid groups (broad SMARTS) is 1. The van der Waals surface area contributed by atoms with Crippen molar-refractivity contribution < 1.29 is 14.6 Å². The highest BCUT2D eigenvalue weighted by Gasteiger charge is 2.47. The molecule has 0 aromatic heterocycles. The molecule has 0 aromatic rings. The van der Waals surface area contributed by atoms with Gasteiger partial charge in [0, 0.05) is 18.6 Å². The Bertz CT molecular complexity index is 284. The van der Waals surface area contributed by atoms with Gasteiger partial charge >= 0.3 is 5.97 Å². The molecule has 2 aliphatic rings. The summed E-state index contributed by atoms with van der Waals surface area (Å²) >= 11 is 0. The summed E-state index contributed by atoms with van der Waals surface area (Å²) in [5, 5.41) is 8.91. The second kappa shape index (κ2) is 4.00. The lowest BCUT2D eigenvalue weighted by molar-refractivity contribution is -0.139. The van der Waals surface area contributed by atoms with Crippen LogP contribution in [0, 0.1) is 5.41 Å². The normalized spacial score (nSPS) is 27.6. The van der Waals surface area contributed by atoms with E-state index in [1.165, 1.54) is 0 Å². The van der Waals surface area contributed by atoms with E-state index in [9.17, 15) is 4.79 Å². The minimum atomic E-state index is -0.663. The Morgan fingerprint density at radius 3 is 2.62 bits per heavy atom. The molecule has 2 rings (SSSR count). The molecule has 0 aromatic carbocycles. The Morgan fingerprint density at radius 1 is 1.44 bits per heavy atom. The fourth-order valence-corrected chi connectivity index (χ4v) is 2.48. The molecule has 0 bridgehead atoms. The molecule has 1 saturated carbocycles. The summed E-state index contributed by atoms with van der Waals surface area (Å²) in [5.74, 6) is -0.663. The van der Waals surface area contributed by atoms with Crippen molar-refractivity contribution in [1.29, 1.82) is 0 Å². The molecule has 0 spiro atoms. The highest BCUT2D eigenvalue weighted by Crippen LogP contribution is 2.50. The van der Waals surface area contributed by atoms with Crippen molar-refractivity contribution >= 4 is 5.97 Å². The molecule has 4 nitrogen and oxygen atoms in total. The molecule has 1 N–H and O–H groups in total. The van der Waals surface area contributed by atoms with E-state index in [1.807, 2.05) is 0 Å². The van der Waals surface area contributed by atoms with Crippen LogP contribution in [-0.4, -0.2) is 47.8 Å². The number of hydrogen-bond donors (Lipinski definition) is 1. The first-order valence-electron chi connectivity index (χ1n) is 5.98. The Morgan fingerprint density at radius 2 is 2.12 bits per heavy atom. The minimum Gasteiger partial charge on any atom is -0.481 e. The van der Waals surface area contributed by atoms with Gasteiger partial charge < -0.3 is 9.84 Å². The smallest absolute Gasteiger partial charge is 0.303 e. The molecule has 0 unspecified atom stereocenters. The molecular formula is C12H21NO3. The van der Waals surface area contributed by atoms with Crippen LogP contribution in [-0.2, 0) is 9.53 Å². The molecule has 0 amide bonds. The molecule has 1 heterocycles. The van der Waals surface area contributed by atoms with Gasteiger partial charge in [0.25, 0.3) is 0 Å². The molecule has 16 heavy (non-hydrogen) atoms. The van der Waals surface area contributed by atoms with Crippen LogP contribution in [0.3, 0.4) is 0 Å². The minimum absolute atomic E-state index is 0.0480. The third-order valence-electron chi connectivity index (χ3n) is 3.83. The van der Waals surface area contributed by atoms with E-state index in [2.05, 4.69) is 18.7 Å². The summed E-state index contributed by atoms with van der Waals surface area (Å²) in [5.41, 5.74) is 0.104. The van der Waals surface area contributed by atoms with Gasteiger partial charge in [-0.15, -0.1) is 0 Å². The van der Waals surface area contributed by atoms with Crippen LogP contribution < -0.4 is 0 Å². The van der Waals surface area contributed by atoms with E-state index in [-0.39, 0.29) is 11.0 Å². The number of morpholine rings is 1. The SMILES string of the molecule is CC1(C)COCCN1CC1(CC(=O)O)CC1. The Hall–Kier alpha value is -0.610. The van der Waals surface area contributed by atoms with Crippen LogP contribution in [0.1, 0.15) is 33.1 Å². The van der Waals surface area contributed by atoms with Crippen molar-refractivity contribution in [3.8, 4) is 0 Å². The van der Waals surface area contributed by atoms with Crippen molar-refractivity contribution in [1.82, 2.24) is 4.90 Å². The number of rotatable bonds is 4. The third kappa shape index (κ3) is 2.55. The van der Waals surface area contributed by atoms with Gasteiger partial charge in [0.1, 0.15) is 0 Å². The van der Waals surface area contributed by atoms with E-state index in [0.717, 1.165) is 39.1 Å². The number of carbonyl (C=O) groups is 1. The Balaban J connectivity index is 1.95. The van der Waals surface area contributed by atoms with Crippen molar-refractivity contribution in [2.45, 2.75) is 38.6 Å². The van der Waals surface area contributed by atoms with E-state index in [1.54, 1.807) is 0 Å². The zero-order valence-corrected chi connectivity index (χ0v) is 10.2. The van der Waals surface area contributed by atoms with Gasteiger partial charge in [-0.25, -0.2) is 0 Å². The van der Waals surface area contributed by atoms with Gasteiger partial charge in [-0.05, 0) is 32.1 Å². The zero-order valence-electron chi connectivity index (χ0n) is 10.2. The second-order valence-electron chi connectivity index (χ2n) is 5.86. The summed E-state index contributed by atoms with van der Waals surface area (Å²) in [4.78, 5) is 13.2. The molecule has 4 heteroatoms. The highest BCUT2D eigenvalue weighted by molar-refractivity contribution is 5.68. The predicted octanol–water partition coefficient (Wildman–Crippen LogP) is 1.35. The molecular weight excluding hydrogens is 206 g/mol. The zero-order chi connectivity index (χ0) is 11.8. The van der Waals surface area contributed by atoms with Crippen LogP contribution in [0.2, 0.25) is 0 Å². The van der Waals surface area contributed by atoms with Gasteiger partial charge in [0.2, 0.25) is 0 Å². The molecule has 1 saturated heterocycles. The molecule has 92 valence electrons. The number of ether oxygens (including phenoxy) is 1. The Labute approximate surface area is 96.6 Å². The first-order valence-corrected chi connectivity index (χ1v) is 5.98. The van der Waals surface area contributed by atoms with E-state index in [4.69, 9.17) is 9.84 Å². The maximum absolute atomic E-state index is 10.8. The van der Waals surface area contributed by atoms with Crippen molar-refractivity contribution in [3.05, 3.63) is 0 Å². The largest absolute Gasteiger partial charge is 0.481 e. The number of aliphatic carboxylic acids is 1. The maximum Gasteiger partial charge on any atom is 0.303 e. The molecule has 2 fully saturated rings. The first-order chi connectivity index (χ1) is 7.44. The number of hydrogen-bond acceptors (Lipinski definition) is 3. The molecule has 1 aliphatic carbocycles. The summed E-state index contributed by atoms with van der Waals surface area (Å²) < 4.78 is 5.47. The first kappa shape index (κ1) is 11.9. The van der Waals surface area contributed by atoms with Gasteiger partial charge in [-0.1, -0.05) is 0 Å². The molecule has 0 atom stereocenters. The summed E-state index contributed by atoms with van der Waals surface area (Å²) in [6.07, 6.45) is 2.44.